The summed E-state index contributed by atoms with van der Waals surface area (Å²) in [5, 5.41) is 9.48. The Morgan fingerprint density at radius 1 is 1.47 bits per heavy atom. The molecule has 1 aromatic carbocycles. The van der Waals surface area contributed by atoms with Crippen LogP contribution in [0.1, 0.15) is 32.7 Å². The van der Waals surface area contributed by atoms with Crippen molar-refractivity contribution < 1.29 is 14.3 Å². The van der Waals surface area contributed by atoms with Crippen LogP contribution in [-0.2, 0) is 4.74 Å². The van der Waals surface area contributed by atoms with Crippen molar-refractivity contribution in [2.45, 2.75) is 6.42 Å². The Morgan fingerprint density at radius 3 is 2.71 bits per heavy atom. The normalized spacial score (nSPS) is 9.47. The average Bonchev–Trinajstić information content (AvgIpc) is 2.37. The minimum absolute atomic E-state index is 0.0743. The highest BCUT2D eigenvalue weighted by atomic mass is 79.9. The molecular formula is C12H10BrNO3. The third-order valence-electron chi connectivity index (χ3n) is 2.19. The monoisotopic (exact) mass is 295 g/mol. The summed E-state index contributed by atoms with van der Waals surface area (Å²) < 4.78 is 4.54. The molecule has 0 fully saturated rings. The number of methoxy groups -OCH3 is 1. The first-order valence-corrected chi connectivity index (χ1v) is 5.97. The summed E-state index contributed by atoms with van der Waals surface area (Å²) in [6, 6.07) is 6.26. The van der Waals surface area contributed by atoms with Crippen molar-refractivity contribution in [3.05, 3.63) is 34.9 Å². The summed E-state index contributed by atoms with van der Waals surface area (Å²) >= 11 is 3.17. The second-order valence-corrected chi connectivity index (χ2v) is 4.02. The molecule has 4 nitrogen and oxygen atoms in total. The molecule has 0 heterocycles. The van der Waals surface area contributed by atoms with Gasteiger partial charge in [0.1, 0.15) is 6.07 Å². The van der Waals surface area contributed by atoms with Gasteiger partial charge in [0.2, 0.25) is 0 Å². The molecule has 0 radical (unpaired) electrons. The van der Waals surface area contributed by atoms with Gasteiger partial charge in [0.15, 0.2) is 5.78 Å². The molecule has 0 aliphatic heterocycles. The Bertz CT molecular complexity index is 491. The van der Waals surface area contributed by atoms with Crippen LogP contribution in [0.25, 0.3) is 0 Å². The summed E-state index contributed by atoms with van der Waals surface area (Å²) in [7, 11) is 1.24. The molecule has 0 spiro atoms. The average molecular weight is 296 g/mol. The van der Waals surface area contributed by atoms with E-state index >= 15 is 0 Å². The third-order valence-corrected chi connectivity index (χ3v) is 2.59. The lowest BCUT2D eigenvalue weighted by atomic mass is 10.0. The number of Topliss-reactive ketones (excluding diaryl/α,β-unsaturated/α-hetero) is 1. The minimum Gasteiger partial charge on any atom is -0.465 e. The summed E-state index contributed by atoms with van der Waals surface area (Å²) in [5.41, 5.74) is 0.747. The molecule has 0 N–H and O–H groups in total. The Balaban J connectivity index is 3.14. The SMILES string of the molecule is COC(=O)c1ccc(C(=O)CCBr)cc1C#N. The molecule has 1 rings (SSSR count). The van der Waals surface area contributed by atoms with Gasteiger partial charge in [0.25, 0.3) is 0 Å². The zero-order valence-corrected chi connectivity index (χ0v) is 10.8. The molecule has 5 heteroatoms. The van der Waals surface area contributed by atoms with Crippen LogP contribution in [0.3, 0.4) is 0 Å². The molecule has 88 valence electrons. The fourth-order valence-corrected chi connectivity index (χ4v) is 1.69. The van der Waals surface area contributed by atoms with Gasteiger partial charge in [-0.3, -0.25) is 4.79 Å². The Hall–Kier alpha value is -1.67. The van der Waals surface area contributed by atoms with Crippen LogP contribution >= 0.6 is 15.9 Å². The van der Waals surface area contributed by atoms with E-state index in [1.165, 1.54) is 25.3 Å². The van der Waals surface area contributed by atoms with Crippen LogP contribution in [0.4, 0.5) is 0 Å². The van der Waals surface area contributed by atoms with Crippen LogP contribution < -0.4 is 0 Å². The van der Waals surface area contributed by atoms with E-state index in [0.717, 1.165) is 0 Å². The first kappa shape index (κ1) is 13.4. The summed E-state index contributed by atoms with van der Waals surface area (Å²) in [5.74, 6) is -0.657. The second-order valence-electron chi connectivity index (χ2n) is 3.23. The number of halogens is 1. The van der Waals surface area contributed by atoms with Crippen LogP contribution in [0.15, 0.2) is 18.2 Å². The lowest BCUT2D eigenvalue weighted by Crippen LogP contribution is -2.07. The van der Waals surface area contributed by atoms with Crippen molar-refractivity contribution in [1.29, 1.82) is 5.26 Å². The number of hydrogen-bond donors (Lipinski definition) is 0. The topological polar surface area (TPSA) is 67.2 Å². The number of benzene rings is 1. The molecule has 0 saturated carbocycles. The summed E-state index contributed by atoms with van der Waals surface area (Å²) in [4.78, 5) is 22.9. The van der Waals surface area contributed by atoms with Gasteiger partial charge in [-0.25, -0.2) is 4.79 Å². The molecule has 0 amide bonds. The zero-order chi connectivity index (χ0) is 12.8. The van der Waals surface area contributed by atoms with Gasteiger partial charge in [-0.05, 0) is 12.1 Å². The number of carbonyl (C=O) groups is 2. The van der Waals surface area contributed by atoms with Crippen molar-refractivity contribution >= 4 is 27.7 Å². The van der Waals surface area contributed by atoms with E-state index in [2.05, 4.69) is 20.7 Å². The van der Waals surface area contributed by atoms with E-state index in [0.29, 0.717) is 17.3 Å². The minimum atomic E-state index is -0.582. The van der Waals surface area contributed by atoms with Crippen molar-refractivity contribution in [1.82, 2.24) is 0 Å². The number of esters is 1. The van der Waals surface area contributed by atoms with Crippen molar-refractivity contribution in [2.75, 3.05) is 12.4 Å². The number of alkyl halides is 1. The molecule has 1 aromatic rings. The highest BCUT2D eigenvalue weighted by Gasteiger charge is 2.14. The maximum atomic E-state index is 11.6. The standard InChI is InChI=1S/C12H10BrNO3/c1-17-12(16)10-3-2-8(6-9(10)7-14)11(15)4-5-13/h2-3,6H,4-5H2,1H3. The summed E-state index contributed by atoms with van der Waals surface area (Å²) in [6.07, 6.45) is 0.350. The second kappa shape index (κ2) is 6.16. The molecule has 0 aliphatic carbocycles. The predicted molar refractivity (Wildman–Crippen MR) is 65.2 cm³/mol. The number of nitriles is 1. The highest BCUT2D eigenvalue weighted by molar-refractivity contribution is 9.09. The molecule has 0 atom stereocenters. The fourth-order valence-electron chi connectivity index (χ4n) is 1.33. The summed E-state index contributed by atoms with van der Waals surface area (Å²) in [6.45, 7) is 0. The molecule has 0 bridgehead atoms. The van der Waals surface area contributed by atoms with Crippen molar-refractivity contribution in [3.8, 4) is 6.07 Å². The van der Waals surface area contributed by atoms with Gasteiger partial charge in [-0.2, -0.15) is 5.26 Å². The van der Waals surface area contributed by atoms with E-state index in [9.17, 15) is 9.59 Å². The maximum absolute atomic E-state index is 11.6. The maximum Gasteiger partial charge on any atom is 0.339 e. The lowest BCUT2D eigenvalue weighted by molar-refractivity contribution is 0.0600. The number of rotatable bonds is 4. The quantitative estimate of drug-likeness (QED) is 0.486. The molecule has 0 unspecified atom stereocenters. The van der Waals surface area contributed by atoms with E-state index in [1.807, 2.05) is 6.07 Å². The Labute approximate surface area is 107 Å². The van der Waals surface area contributed by atoms with Crippen LogP contribution in [0.5, 0.6) is 0 Å². The van der Waals surface area contributed by atoms with E-state index in [-0.39, 0.29) is 16.9 Å². The Kier molecular flexibility index (Phi) is 4.85. The number of hydrogen-bond acceptors (Lipinski definition) is 4. The van der Waals surface area contributed by atoms with Crippen LogP contribution in [-0.4, -0.2) is 24.2 Å². The first-order chi connectivity index (χ1) is 8.13. The lowest BCUT2D eigenvalue weighted by Gasteiger charge is -2.04. The molecule has 0 aromatic heterocycles. The number of nitrogens with zero attached hydrogens (tertiary/aromatic N) is 1. The zero-order valence-electron chi connectivity index (χ0n) is 9.20. The van der Waals surface area contributed by atoms with Crippen LogP contribution in [0, 0.1) is 11.3 Å². The van der Waals surface area contributed by atoms with Gasteiger partial charge in [0, 0.05) is 17.3 Å². The molecule has 0 aliphatic rings. The predicted octanol–water partition coefficient (Wildman–Crippen LogP) is 2.31. The van der Waals surface area contributed by atoms with E-state index in [4.69, 9.17) is 5.26 Å². The van der Waals surface area contributed by atoms with Crippen LogP contribution in [0.2, 0.25) is 0 Å². The van der Waals surface area contributed by atoms with Gasteiger partial charge in [-0.1, -0.05) is 22.0 Å². The third kappa shape index (κ3) is 3.14. The number of ether oxygens (including phenoxy) is 1. The highest BCUT2D eigenvalue weighted by Crippen LogP contribution is 2.14. The van der Waals surface area contributed by atoms with Gasteiger partial charge in [-0.15, -0.1) is 0 Å². The largest absolute Gasteiger partial charge is 0.465 e. The molecular weight excluding hydrogens is 286 g/mol. The Morgan fingerprint density at radius 2 is 2.18 bits per heavy atom. The fraction of sp³-hybridized carbons (Fsp3) is 0.250. The van der Waals surface area contributed by atoms with Crippen molar-refractivity contribution in [3.63, 3.8) is 0 Å². The van der Waals surface area contributed by atoms with Gasteiger partial charge < -0.3 is 4.74 Å². The number of carbonyl (C=O) groups excluding carboxylic acids is 2. The molecule has 0 saturated heterocycles. The smallest absolute Gasteiger partial charge is 0.339 e. The van der Waals surface area contributed by atoms with Crippen molar-refractivity contribution in [2.24, 2.45) is 0 Å². The van der Waals surface area contributed by atoms with Gasteiger partial charge >= 0.3 is 5.97 Å². The van der Waals surface area contributed by atoms with E-state index < -0.39 is 5.97 Å². The molecule has 17 heavy (non-hydrogen) atoms. The first-order valence-electron chi connectivity index (χ1n) is 4.85. The van der Waals surface area contributed by atoms with E-state index in [1.54, 1.807) is 0 Å². The number of ketones is 1. The van der Waals surface area contributed by atoms with Gasteiger partial charge in [0.05, 0.1) is 18.2 Å².